The number of nitrogens with zero attached hydrogens (tertiary/aromatic N) is 4. The number of rotatable bonds is 7. The van der Waals surface area contributed by atoms with E-state index in [-0.39, 0.29) is 36.1 Å². The lowest BCUT2D eigenvalue weighted by molar-refractivity contribution is -0.140. The summed E-state index contributed by atoms with van der Waals surface area (Å²) in [6.07, 6.45) is 2.09. The summed E-state index contributed by atoms with van der Waals surface area (Å²) in [6.45, 7) is 2.36. The number of hydrogen-bond donors (Lipinski definition) is 2. The third-order valence-electron chi connectivity index (χ3n) is 10.6. The standard InChI is InChI=1S/C36H41F3N6O7S2/c1-20-27(51-3)12-11-24-28(17-25(40-30(20)24)32-41-29(19-53-32)36(37,38)39)52-22-13-15-45-26(16-22)31(46)42-35(33(47)43-54(49,50)23-9-10-23)18-21(35)8-6-4-5-7-14-44(2)34(45)48/h6,8,11-12,17,19,21-23,26H,4-5,7,9-10,13-16,18H2,1-3H3,(H,42,46)(H,43,47)/b8-6-/t21-,22+,26+,35-/m1/s1. The van der Waals surface area contributed by atoms with Crippen LogP contribution in [0.2, 0.25) is 0 Å². The van der Waals surface area contributed by atoms with Gasteiger partial charge in [-0.15, -0.1) is 11.3 Å². The van der Waals surface area contributed by atoms with Crippen LogP contribution in [0, 0.1) is 12.8 Å². The Hall–Kier alpha value is -4.45. The summed E-state index contributed by atoms with van der Waals surface area (Å²) in [4.78, 5) is 53.3. The van der Waals surface area contributed by atoms with Gasteiger partial charge in [0, 0.05) is 61.3 Å². The smallest absolute Gasteiger partial charge is 0.434 e. The number of urea groups is 1. The summed E-state index contributed by atoms with van der Waals surface area (Å²) >= 11 is 0.795. The Bertz CT molecular complexity index is 2120. The van der Waals surface area contributed by atoms with Crippen LogP contribution in [0.3, 0.4) is 0 Å². The summed E-state index contributed by atoms with van der Waals surface area (Å²) in [5.74, 6) is -1.06. The van der Waals surface area contributed by atoms with Crippen molar-refractivity contribution >= 4 is 50.1 Å². The maximum Gasteiger partial charge on any atom is 0.434 e. The summed E-state index contributed by atoms with van der Waals surface area (Å²) in [5, 5.41) is 3.73. The zero-order chi connectivity index (χ0) is 38.6. The number of ether oxygens (including phenoxy) is 2. The van der Waals surface area contributed by atoms with Crippen LogP contribution in [0.5, 0.6) is 11.5 Å². The van der Waals surface area contributed by atoms with Gasteiger partial charge in [0.15, 0.2) is 5.69 Å². The van der Waals surface area contributed by atoms with Crippen molar-refractivity contribution < 1.29 is 45.4 Å². The average molecular weight is 791 g/mol. The van der Waals surface area contributed by atoms with Crippen molar-refractivity contribution in [2.75, 3.05) is 27.2 Å². The molecule has 0 bridgehead atoms. The van der Waals surface area contributed by atoms with E-state index < -0.39 is 62.6 Å². The first-order valence-electron chi connectivity index (χ1n) is 17.9. The predicted molar refractivity (Wildman–Crippen MR) is 193 cm³/mol. The van der Waals surface area contributed by atoms with Crippen LogP contribution < -0.4 is 19.5 Å². The normalized spacial score (nSPS) is 25.9. The number of hydrogen-bond acceptors (Lipinski definition) is 10. The molecule has 54 heavy (non-hydrogen) atoms. The van der Waals surface area contributed by atoms with Crippen molar-refractivity contribution in [1.29, 1.82) is 0 Å². The third-order valence-corrected chi connectivity index (χ3v) is 13.2. The number of piperidine rings is 1. The first-order chi connectivity index (χ1) is 25.6. The van der Waals surface area contributed by atoms with E-state index in [1.165, 1.54) is 18.1 Å². The molecule has 4 aliphatic rings. The quantitative estimate of drug-likeness (QED) is 0.308. The first-order valence-corrected chi connectivity index (χ1v) is 20.3. The maximum absolute atomic E-state index is 14.3. The highest BCUT2D eigenvalue weighted by Crippen LogP contribution is 2.46. The lowest BCUT2D eigenvalue weighted by Gasteiger charge is -2.40. The topological polar surface area (TPSA) is 160 Å². The third kappa shape index (κ3) is 7.46. The van der Waals surface area contributed by atoms with Crippen LogP contribution in [0.15, 0.2) is 35.7 Å². The van der Waals surface area contributed by atoms with Crippen LogP contribution in [0.25, 0.3) is 21.6 Å². The Labute approximate surface area is 314 Å². The molecule has 1 aromatic carbocycles. The Morgan fingerprint density at radius 3 is 2.59 bits per heavy atom. The van der Waals surface area contributed by atoms with Gasteiger partial charge in [-0.3, -0.25) is 14.3 Å². The summed E-state index contributed by atoms with van der Waals surface area (Å²) in [6, 6.07) is 3.52. The van der Waals surface area contributed by atoms with E-state index >= 15 is 0 Å². The van der Waals surface area contributed by atoms with Gasteiger partial charge in [-0.1, -0.05) is 12.2 Å². The highest BCUT2D eigenvalue weighted by molar-refractivity contribution is 7.91. The monoisotopic (exact) mass is 790 g/mol. The van der Waals surface area contributed by atoms with Gasteiger partial charge in [0.2, 0.25) is 15.9 Å². The zero-order valence-corrected chi connectivity index (χ0v) is 31.6. The van der Waals surface area contributed by atoms with Gasteiger partial charge in [0.25, 0.3) is 5.91 Å². The number of aromatic nitrogens is 2. The fourth-order valence-electron chi connectivity index (χ4n) is 7.18. The number of allylic oxidation sites excluding steroid dienone is 1. The number of thiazole rings is 1. The van der Waals surface area contributed by atoms with Crippen molar-refractivity contribution in [3.8, 4) is 22.2 Å². The van der Waals surface area contributed by atoms with Gasteiger partial charge in [0.1, 0.15) is 39.9 Å². The van der Waals surface area contributed by atoms with E-state index in [9.17, 15) is 36.0 Å². The number of pyridine rings is 1. The molecule has 2 N–H and O–H groups in total. The molecule has 4 heterocycles. The summed E-state index contributed by atoms with van der Waals surface area (Å²) < 4.78 is 80.3. The molecule has 7 rings (SSSR count). The number of fused-ring (bicyclic) bond motifs is 3. The molecule has 2 aromatic heterocycles. The molecule has 0 radical (unpaired) electrons. The van der Waals surface area contributed by atoms with Gasteiger partial charge in [-0.2, -0.15) is 13.2 Å². The van der Waals surface area contributed by atoms with Gasteiger partial charge in [0.05, 0.1) is 17.9 Å². The number of carbonyl (C=O) groups is 3. The van der Waals surface area contributed by atoms with Crippen LogP contribution in [0.1, 0.15) is 62.6 Å². The number of halogens is 3. The number of nitrogens with one attached hydrogen (secondary N) is 2. The molecule has 2 aliphatic heterocycles. The van der Waals surface area contributed by atoms with Crippen molar-refractivity contribution in [1.82, 2.24) is 29.8 Å². The molecule has 0 unspecified atom stereocenters. The van der Waals surface area contributed by atoms with E-state index in [2.05, 4.69) is 20.0 Å². The van der Waals surface area contributed by atoms with E-state index in [0.29, 0.717) is 66.6 Å². The molecule has 18 heteroatoms. The minimum absolute atomic E-state index is 0.00769. The predicted octanol–water partition coefficient (Wildman–Crippen LogP) is 5.18. The maximum atomic E-state index is 14.3. The molecule has 3 aromatic rings. The van der Waals surface area contributed by atoms with Crippen molar-refractivity contribution in [3.05, 3.63) is 47.0 Å². The first kappa shape index (κ1) is 37.8. The van der Waals surface area contributed by atoms with Gasteiger partial charge < -0.3 is 24.6 Å². The number of alkyl halides is 3. The fourth-order valence-corrected chi connectivity index (χ4v) is 9.33. The highest BCUT2D eigenvalue weighted by atomic mass is 32.2. The minimum atomic E-state index is -4.64. The number of carbonyl (C=O) groups excluding carboxylic acids is 3. The van der Waals surface area contributed by atoms with E-state index in [1.807, 2.05) is 12.2 Å². The minimum Gasteiger partial charge on any atom is -0.496 e. The molecule has 2 saturated carbocycles. The number of sulfonamides is 1. The second-order valence-electron chi connectivity index (χ2n) is 14.4. The molecule has 1 saturated heterocycles. The number of benzene rings is 1. The lowest BCUT2D eigenvalue weighted by Crippen LogP contribution is -2.61. The SMILES string of the molecule is COc1ccc2c(O[C@H]3CCN4C(=O)N(C)CCCC/C=C\[C@@H]5C[C@@]5(C(=O)NS(=O)(=O)C5CC5)NC(=O)[C@@H]4C3)cc(-c3nc(C(F)(F)F)cs3)nc2c1C. The van der Waals surface area contributed by atoms with Crippen LogP contribution in [-0.2, 0) is 25.8 Å². The second-order valence-corrected chi connectivity index (χ2v) is 17.2. The van der Waals surface area contributed by atoms with E-state index in [1.54, 1.807) is 31.0 Å². The Morgan fingerprint density at radius 2 is 1.89 bits per heavy atom. The van der Waals surface area contributed by atoms with Gasteiger partial charge in [-0.05, 0) is 57.6 Å². The van der Waals surface area contributed by atoms with Crippen molar-refractivity contribution in [3.63, 3.8) is 0 Å². The highest BCUT2D eigenvalue weighted by Gasteiger charge is 2.62. The number of aryl methyl sites for hydroxylation is 1. The summed E-state index contributed by atoms with van der Waals surface area (Å²) in [5.41, 5.74) is -1.34. The molecule has 2 aliphatic carbocycles. The van der Waals surface area contributed by atoms with Gasteiger partial charge >= 0.3 is 12.2 Å². The molecule has 0 spiro atoms. The van der Waals surface area contributed by atoms with E-state index in [0.717, 1.165) is 23.1 Å². The van der Waals surface area contributed by atoms with E-state index in [4.69, 9.17) is 9.47 Å². The molecule has 290 valence electrons. The van der Waals surface area contributed by atoms with Crippen molar-refractivity contribution in [2.45, 2.75) is 87.4 Å². The van der Waals surface area contributed by atoms with Crippen LogP contribution >= 0.6 is 11.3 Å². The Balaban J connectivity index is 1.21. The average Bonchev–Trinajstić information content (AvgIpc) is 4.05. The molecule has 4 atom stereocenters. The number of methoxy groups -OCH3 is 1. The zero-order valence-electron chi connectivity index (χ0n) is 29.9. The second kappa shape index (κ2) is 14.3. The Morgan fingerprint density at radius 1 is 1.11 bits per heavy atom. The number of amides is 4. The van der Waals surface area contributed by atoms with Crippen LogP contribution in [-0.4, -0.2) is 96.2 Å². The molecular formula is C36H41F3N6O7S2. The van der Waals surface area contributed by atoms with Crippen molar-refractivity contribution in [2.24, 2.45) is 5.92 Å². The lowest BCUT2D eigenvalue weighted by atomic mass is 9.97. The summed E-state index contributed by atoms with van der Waals surface area (Å²) in [7, 11) is -0.740. The Kier molecular flexibility index (Phi) is 10.0. The molecule has 4 amide bonds. The van der Waals surface area contributed by atoms with Gasteiger partial charge in [-0.25, -0.2) is 23.2 Å². The molecular weight excluding hydrogens is 750 g/mol. The fraction of sp³-hybridized carbons (Fsp3) is 0.528. The molecule has 3 fully saturated rings. The molecule has 13 nitrogen and oxygen atoms in total. The largest absolute Gasteiger partial charge is 0.496 e. The van der Waals surface area contributed by atoms with Crippen LogP contribution in [0.4, 0.5) is 18.0 Å².